The summed E-state index contributed by atoms with van der Waals surface area (Å²) in [6.45, 7) is 6.43. The predicted molar refractivity (Wildman–Crippen MR) is 61.7 cm³/mol. The minimum Gasteiger partial charge on any atom is -0.266 e. The first kappa shape index (κ1) is 10.0. The lowest BCUT2D eigenvalue weighted by Crippen LogP contribution is -2.02. The molecule has 0 bridgehead atoms. The first-order chi connectivity index (χ1) is 7.49. The van der Waals surface area contributed by atoms with Crippen LogP contribution in [-0.4, -0.2) is 19.6 Å². The first-order valence-corrected chi connectivity index (χ1v) is 5.75. The molecule has 1 aliphatic carbocycles. The van der Waals surface area contributed by atoms with Gasteiger partial charge in [0, 0.05) is 12.0 Å². The van der Waals surface area contributed by atoms with Crippen LogP contribution in [0.15, 0.2) is 6.07 Å². The van der Waals surface area contributed by atoms with Crippen molar-refractivity contribution in [2.45, 2.75) is 33.1 Å². The molecular formula is C11H13ClN4. The summed E-state index contributed by atoms with van der Waals surface area (Å²) in [5.74, 6) is 2.36. The van der Waals surface area contributed by atoms with Crippen LogP contribution >= 0.6 is 11.6 Å². The maximum absolute atomic E-state index is 5.89. The second kappa shape index (κ2) is 2.94. The lowest BCUT2D eigenvalue weighted by atomic mass is 10.1. The fourth-order valence-electron chi connectivity index (χ4n) is 2.21. The number of halogens is 1. The van der Waals surface area contributed by atoms with Crippen molar-refractivity contribution in [3.8, 4) is 0 Å². The van der Waals surface area contributed by atoms with Gasteiger partial charge in [-0.15, -0.1) is 10.2 Å². The Morgan fingerprint density at radius 3 is 2.75 bits per heavy atom. The van der Waals surface area contributed by atoms with Crippen LogP contribution in [0.4, 0.5) is 0 Å². The van der Waals surface area contributed by atoms with Crippen molar-refractivity contribution in [3.63, 3.8) is 0 Å². The molecule has 1 unspecified atom stereocenters. The van der Waals surface area contributed by atoms with Crippen molar-refractivity contribution < 1.29 is 0 Å². The van der Waals surface area contributed by atoms with Gasteiger partial charge >= 0.3 is 0 Å². The molecule has 0 spiro atoms. The van der Waals surface area contributed by atoms with E-state index in [1.165, 1.54) is 0 Å². The van der Waals surface area contributed by atoms with Crippen LogP contribution in [0.1, 0.15) is 37.8 Å². The van der Waals surface area contributed by atoms with Crippen LogP contribution in [0.2, 0.25) is 5.15 Å². The molecule has 0 radical (unpaired) electrons. The molecule has 1 fully saturated rings. The van der Waals surface area contributed by atoms with Crippen molar-refractivity contribution in [1.29, 1.82) is 0 Å². The molecule has 0 N–H and O–H groups in total. The van der Waals surface area contributed by atoms with E-state index in [-0.39, 0.29) is 0 Å². The summed E-state index contributed by atoms with van der Waals surface area (Å²) in [7, 11) is 0. The molecule has 3 rings (SSSR count). The number of fused-ring (bicyclic) bond motifs is 1. The summed E-state index contributed by atoms with van der Waals surface area (Å²) in [5, 5.41) is 8.90. The third-order valence-corrected chi connectivity index (χ3v) is 3.57. The zero-order chi connectivity index (χ0) is 11.5. The van der Waals surface area contributed by atoms with Gasteiger partial charge in [-0.25, -0.2) is 4.98 Å². The normalized spacial score (nSPS) is 22.6. The summed E-state index contributed by atoms with van der Waals surface area (Å²) in [5.41, 5.74) is 1.13. The Morgan fingerprint density at radius 2 is 2.12 bits per heavy atom. The van der Waals surface area contributed by atoms with Crippen molar-refractivity contribution in [2.24, 2.45) is 5.41 Å². The van der Waals surface area contributed by atoms with Gasteiger partial charge in [-0.05, 0) is 18.8 Å². The Bertz CT molecular complexity index is 573. The molecule has 0 amide bonds. The molecule has 5 heteroatoms. The Hall–Kier alpha value is -1.16. The number of aryl methyl sites for hydroxylation is 1. The van der Waals surface area contributed by atoms with Crippen LogP contribution in [-0.2, 0) is 0 Å². The molecule has 0 aromatic carbocycles. The van der Waals surface area contributed by atoms with E-state index in [4.69, 9.17) is 11.6 Å². The van der Waals surface area contributed by atoms with Gasteiger partial charge in [0.25, 0.3) is 0 Å². The predicted octanol–water partition coefficient (Wildman–Crippen LogP) is 2.60. The molecule has 16 heavy (non-hydrogen) atoms. The largest absolute Gasteiger partial charge is 0.266 e. The van der Waals surface area contributed by atoms with Gasteiger partial charge in [-0.1, -0.05) is 25.4 Å². The summed E-state index contributed by atoms with van der Waals surface area (Å²) >= 11 is 5.89. The Labute approximate surface area is 98.7 Å². The van der Waals surface area contributed by atoms with Gasteiger partial charge < -0.3 is 0 Å². The van der Waals surface area contributed by atoms with Gasteiger partial charge in [-0.2, -0.15) is 0 Å². The van der Waals surface area contributed by atoms with E-state index in [1.54, 1.807) is 6.07 Å². The van der Waals surface area contributed by atoms with Gasteiger partial charge in [0.2, 0.25) is 0 Å². The van der Waals surface area contributed by atoms with Crippen LogP contribution in [0.25, 0.3) is 5.65 Å². The molecule has 84 valence electrons. The highest BCUT2D eigenvalue weighted by Gasteiger charge is 2.49. The zero-order valence-corrected chi connectivity index (χ0v) is 10.3. The third kappa shape index (κ3) is 1.33. The maximum atomic E-state index is 5.89. The molecule has 1 atom stereocenters. The van der Waals surface area contributed by atoms with E-state index in [1.807, 2.05) is 11.3 Å². The highest BCUT2D eigenvalue weighted by Crippen LogP contribution is 2.57. The van der Waals surface area contributed by atoms with Crippen LogP contribution in [0.3, 0.4) is 0 Å². The van der Waals surface area contributed by atoms with Gasteiger partial charge in [0.15, 0.2) is 5.65 Å². The van der Waals surface area contributed by atoms with E-state index in [0.717, 1.165) is 23.7 Å². The zero-order valence-electron chi connectivity index (χ0n) is 9.53. The molecule has 4 nitrogen and oxygen atoms in total. The van der Waals surface area contributed by atoms with Gasteiger partial charge in [0.1, 0.15) is 16.8 Å². The van der Waals surface area contributed by atoms with Crippen LogP contribution in [0.5, 0.6) is 0 Å². The topological polar surface area (TPSA) is 43.1 Å². The van der Waals surface area contributed by atoms with Crippen LogP contribution < -0.4 is 0 Å². The molecule has 1 aliphatic rings. The standard InChI is InChI=1S/C11H13ClN4/c1-6-13-8(12)4-9-14-15-10(16(6)9)7-5-11(7,2)3/h4,7H,5H2,1-3H3. The summed E-state index contributed by atoms with van der Waals surface area (Å²) in [4.78, 5) is 4.24. The quantitative estimate of drug-likeness (QED) is 0.715. The average molecular weight is 237 g/mol. The Balaban J connectivity index is 2.21. The Kier molecular flexibility index (Phi) is 1.84. The van der Waals surface area contributed by atoms with Gasteiger partial charge in [-0.3, -0.25) is 4.40 Å². The van der Waals surface area contributed by atoms with Crippen molar-refractivity contribution >= 4 is 17.2 Å². The summed E-state index contributed by atoms with van der Waals surface area (Å²) < 4.78 is 2.01. The smallest absolute Gasteiger partial charge is 0.165 e. The fraction of sp³-hybridized carbons (Fsp3) is 0.545. The fourth-order valence-corrected chi connectivity index (χ4v) is 2.43. The van der Waals surface area contributed by atoms with Crippen molar-refractivity contribution in [1.82, 2.24) is 19.6 Å². The number of aromatic nitrogens is 4. The maximum Gasteiger partial charge on any atom is 0.165 e. The molecular weight excluding hydrogens is 224 g/mol. The first-order valence-electron chi connectivity index (χ1n) is 5.37. The molecule has 2 heterocycles. The highest BCUT2D eigenvalue weighted by atomic mass is 35.5. The van der Waals surface area contributed by atoms with Crippen molar-refractivity contribution in [3.05, 3.63) is 22.9 Å². The summed E-state index contributed by atoms with van der Waals surface area (Å²) in [6, 6.07) is 1.75. The van der Waals surface area contributed by atoms with E-state index >= 15 is 0 Å². The number of nitrogens with zero attached hydrogens (tertiary/aromatic N) is 4. The lowest BCUT2D eigenvalue weighted by molar-refractivity contribution is 0.604. The molecule has 0 aliphatic heterocycles. The second-order valence-corrected chi connectivity index (χ2v) is 5.51. The molecule has 2 aromatic heterocycles. The molecule has 1 saturated carbocycles. The minimum absolute atomic E-state index is 0.342. The van der Waals surface area contributed by atoms with Crippen molar-refractivity contribution in [2.75, 3.05) is 0 Å². The average Bonchev–Trinajstić information content (AvgIpc) is 2.63. The third-order valence-electron chi connectivity index (χ3n) is 3.38. The van der Waals surface area contributed by atoms with E-state index in [0.29, 0.717) is 16.5 Å². The minimum atomic E-state index is 0.342. The number of rotatable bonds is 1. The monoisotopic (exact) mass is 236 g/mol. The SMILES string of the molecule is Cc1nc(Cl)cc2nnc(C3CC3(C)C)n12. The Morgan fingerprint density at radius 1 is 1.44 bits per heavy atom. The summed E-state index contributed by atoms with van der Waals surface area (Å²) in [6.07, 6.45) is 1.16. The van der Waals surface area contributed by atoms with Crippen LogP contribution in [0, 0.1) is 12.3 Å². The highest BCUT2D eigenvalue weighted by molar-refractivity contribution is 6.29. The van der Waals surface area contributed by atoms with Gasteiger partial charge in [0.05, 0.1) is 0 Å². The van der Waals surface area contributed by atoms with E-state index in [2.05, 4.69) is 29.0 Å². The number of hydrogen-bond donors (Lipinski definition) is 0. The van der Waals surface area contributed by atoms with E-state index < -0.39 is 0 Å². The lowest BCUT2D eigenvalue weighted by Gasteiger charge is -2.04. The second-order valence-electron chi connectivity index (χ2n) is 5.12. The molecule has 2 aromatic rings. The number of hydrogen-bond acceptors (Lipinski definition) is 3. The molecule has 0 saturated heterocycles. The van der Waals surface area contributed by atoms with E-state index in [9.17, 15) is 0 Å².